The van der Waals surface area contributed by atoms with Crippen molar-refractivity contribution in [3.63, 3.8) is 0 Å². The third-order valence-corrected chi connectivity index (χ3v) is 4.35. The molecule has 1 aliphatic rings. The average Bonchev–Trinajstić information content (AvgIpc) is 2.67. The number of carbonyl (C=O) groups is 1. The van der Waals surface area contributed by atoms with Crippen molar-refractivity contribution >= 4 is 5.78 Å². The molecule has 1 heterocycles. The van der Waals surface area contributed by atoms with E-state index in [1.165, 1.54) is 44.2 Å². The molecule has 0 N–H and O–H groups in total. The second-order valence-electron chi connectivity index (χ2n) is 6.20. The molecule has 2 rings (SSSR count). The van der Waals surface area contributed by atoms with Crippen molar-refractivity contribution in [1.29, 1.82) is 0 Å². The average molecular weight is 291 g/mol. The molecule has 116 valence electrons. The zero-order valence-corrected chi connectivity index (χ0v) is 13.0. The minimum Gasteiger partial charge on any atom is -0.298 e. The van der Waals surface area contributed by atoms with Crippen LogP contribution in [0.25, 0.3) is 0 Å². The molecule has 1 atom stereocenters. The molecule has 21 heavy (non-hydrogen) atoms. The molecule has 0 radical (unpaired) electrons. The Kier molecular flexibility index (Phi) is 6.37. The number of ketones is 1. The van der Waals surface area contributed by atoms with Crippen molar-refractivity contribution in [3.8, 4) is 0 Å². The number of Topliss-reactive ketones (excluding diaryl/α,β-unsaturated/α-hetero) is 1. The first-order valence-corrected chi connectivity index (χ1v) is 8.16. The summed E-state index contributed by atoms with van der Waals surface area (Å²) in [7, 11) is 0. The lowest BCUT2D eigenvalue weighted by molar-refractivity contribution is -0.119. The molecular weight excluding hydrogens is 265 g/mol. The Morgan fingerprint density at radius 3 is 2.71 bits per heavy atom. The smallest absolute Gasteiger partial charge is 0.151 e. The standard InChI is InChI=1S/C18H26FNO/c1-2-4-15-5-3-11-20(12-10-15)14-18(21)13-16-6-8-17(19)9-7-16/h6-9,15H,2-5,10-14H2,1H3. The van der Waals surface area contributed by atoms with E-state index in [-0.39, 0.29) is 11.6 Å². The van der Waals surface area contributed by atoms with Gasteiger partial charge in [-0.05, 0) is 56.0 Å². The molecule has 0 aliphatic carbocycles. The molecular formula is C18H26FNO. The first-order valence-electron chi connectivity index (χ1n) is 8.16. The van der Waals surface area contributed by atoms with Crippen molar-refractivity contribution in [2.45, 2.75) is 45.4 Å². The maximum absolute atomic E-state index is 12.8. The van der Waals surface area contributed by atoms with E-state index in [0.29, 0.717) is 13.0 Å². The maximum Gasteiger partial charge on any atom is 0.151 e. The van der Waals surface area contributed by atoms with Crippen LogP contribution in [-0.4, -0.2) is 30.3 Å². The van der Waals surface area contributed by atoms with Gasteiger partial charge in [-0.25, -0.2) is 4.39 Å². The first kappa shape index (κ1) is 16.2. The lowest BCUT2D eigenvalue weighted by atomic mass is 9.96. The van der Waals surface area contributed by atoms with E-state index in [2.05, 4.69) is 11.8 Å². The molecule has 0 bridgehead atoms. The first-order chi connectivity index (χ1) is 10.2. The molecule has 1 aromatic rings. The van der Waals surface area contributed by atoms with E-state index in [1.807, 2.05) is 0 Å². The van der Waals surface area contributed by atoms with Gasteiger partial charge in [0.15, 0.2) is 5.78 Å². The SMILES string of the molecule is CCCC1CCCN(CC(=O)Cc2ccc(F)cc2)CC1. The largest absolute Gasteiger partial charge is 0.298 e. The number of rotatable bonds is 6. The van der Waals surface area contributed by atoms with E-state index in [9.17, 15) is 9.18 Å². The summed E-state index contributed by atoms with van der Waals surface area (Å²) in [5, 5.41) is 0. The zero-order chi connectivity index (χ0) is 15.1. The van der Waals surface area contributed by atoms with Crippen LogP contribution in [0, 0.1) is 11.7 Å². The van der Waals surface area contributed by atoms with Gasteiger partial charge >= 0.3 is 0 Å². The van der Waals surface area contributed by atoms with Gasteiger partial charge in [-0.1, -0.05) is 31.9 Å². The highest BCUT2D eigenvalue weighted by molar-refractivity contribution is 5.82. The molecule has 1 fully saturated rings. The Morgan fingerprint density at radius 2 is 2.00 bits per heavy atom. The van der Waals surface area contributed by atoms with E-state index in [4.69, 9.17) is 0 Å². The normalized spacial score (nSPS) is 20.2. The molecule has 0 saturated carbocycles. The van der Waals surface area contributed by atoms with E-state index < -0.39 is 0 Å². The quantitative estimate of drug-likeness (QED) is 0.793. The predicted molar refractivity (Wildman–Crippen MR) is 83.8 cm³/mol. The van der Waals surface area contributed by atoms with Gasteiger partial charge in [0.25, 0.3) is 0 Å². The second-order valence-corrected chi connectivity index (χ2v) is 6.20. The minimum atomic E-state index is -0.249. The Balaban J connectivity index is 1.78. The minimum absolute atomic E-state index is 0.232. The summed E-state index contributed by atoms with van der Waals surface area (Å²) < 4.78 is 12.8. The molecule has 2 nitrogen and oxygen atoms in total. The van der Waals surface area contributed by atoms with Gasteiger partial charge in [-0.3, -0.25) is 9.69 Å². The highest BCUT2D eigenvalue weighted by Gasteiger charge is 2.18. The summed E-state index contributed by atoms with van der Waals surface area (Å²) in [5.74, 6) is 0.823. The monoisotopic (exact) mass is 291 g/mol. The summed E-state index contributed by atoms with van der Waals surface area (Å²) in [6.45, 7) is 4.86. The van der Waals surface area contributed by atoms with Crippen molar-refractivity contribution in [2.24, 2.45) is 5.92 Å². The fraction of sp³-hybridized carbons (Fsp3) is 0.611. The van der Waals surface area contributed by atoms with Crippen LogP contribution < -0.4 is 0 Å². The van der Waals surface area contributed by atoms with Crippen molar-refractivity contribution in [2.75, 3.05) is 19.6 Å². The Labute approximate surface area is 127 Å². The number of halogens is 1. The summed E-state index contributed by atoms with van der Waals surface area (Å²) in [6, 6.07) is 6.24. The number of hydrogen-bond donors (Lipinski definition) is 0. The summed E-state index contributed by atoms with van der Waals surface area (Å²) in [4.78, 5) is 14.4. The van der Waals surface area contributed by atoms with Crippen LogP contribution >= 0.6 is 0 Å². The van der Waals surface area contributed by atoms with Crippen LogP contribution in [0.15, 0.2) is 24.3 Å². The van der Waals surface area contributed by atoms with Gasteiger partial charge in [0.2, 0.25) is 0 Å². The number of benzene rings is 1. The van der Waals surface area contributed by atoms with Gasteiger partial charge in [-0.15, -0.1) is 0 Å². The van der Waals surface area contributed by atoms with Gasteiger partial charge in [0.1, 0.15) is 5.82 Å². The van der Waals surface area contributed by atoms with Crippen LogP contribution in [0.4, 0.5) is 4.39 Å². The lowest BCUT2D eigenvalue weighted by Gasteiger charge is -2.19. The van der Waals surface area contributed by atoms with Gasteiger partial charge in [0, 0.05) is 6.42 Å². The summed E-state index contributed by atoms with van der Waals surface area (Å²) in [5.41, 5.74) is 0.903. The highest BCUT2D eigenvalue weighted by Crippen LogP contribution is 2.21. The second kappa shape index (κ2) is 8.28. The highest BCUT2D eigenvalue weighted by atomic mass is 19.1. The third kappa shape index (κ3) is 5.58. The van der Waals surface area contributed by atoms with Gasteiger partial charge < -0.3 is 0 Å². The van der Waals surface area contributed by atoms with Crippen LogP contribution in [0.5, 0.6) is 0 Å². The predicted octanol–water partition coefficient (Wildman–Crippen LogP) is 3.84. The molecule has 0 spiro atoms. The zero-order valence-electron chi connectivity index (χ0n) is 13.0. The number of nitrogens with zero attached hydrogens (tertiary/aromatic N) is 1. The van der Waals surface area contributed by atoms with Crippen molar-refractivity contribution in [1.82, 2.24) is 4.90 Å². The number of hydrogen-bond acceptors (Lipinski definition) is 2. The summed E-state index contributed by atoms with van der Waals surface area (Å²) >= 11 is 0. The van der Waals surface area contributed by atoms with Gasteiger partial charge in [0.05, 0.1) is 6.54 Å². The lowest BCUT2D eigenvalue weighted by Crippen LogP contribution is -2.31. The van der Waals surface area contributed by atoms with E-state index in [0.717, 1.165) is 24.6 Å². The summed E-state index contributed by atoms with van der Waals surface area (Å²) in [6.07, 6.45) is 6.71. The fourth-order valence-corrected chi connectivity index (χ4v) is 3.22. The maximum atomic E-state index is 12.8. The van der Waals surface area contributed by atoms with Crippen molar-refractivity contribution in [3.05, 3.63) is 35.6 Å². The molecule has 0 amide bonds. The van der Waals surface area contributed by atoms with Gasteiger partial charge in [-0.2, -0.15) is 0 Å². The topological polar surface area (TPSA) is 20.3 Å². The third-order valence-electron chi connectivity index (χ3n) is 4.35. The number of likely N-dealkylation sites (tertiary alicyclic amines) is 1. The molecule has 3 heteroatoms. The van der Waals surface area contributed by atoms with Crippen LogP contribution in [0.3, 0.4) is 0 Å². The molecule has 0 aromatic heterocycles. The van der Waals surface area contributed by atoms with E-state index >= 15 is 0 Å². The molecule has 1 unspecified atom stereocenters. The Morgan fingerprint density at radius 1 is 1.24 bits per heavy atom. The Hall–Kier alpha value is -1.22. The molecule has 1 aromatic carbocycles. The molecule has 1 saturated heterocycles. The van der Waals surface area contributed by atoms with Crippen LogP contribution in [0.1, 0.15) is 44.6 Å². The Bertz CT molecular complexity index is 443. The number of carbonyl (C=O) groups excluding carboxylic acids is 1. The van der Waals surface area contributed by atoms with Crippen LogP contribution in [0.2, 0.25) is 0 Å². The molecule has 1 aliphatic heterocycles. The van der Waals surface area contributed by atoms with Crippen molar-refractivity contribution < 1.29 is 9.18 Å². The fourth-order valence-electron chi connectivity index (χ4n) is 3.22. The van der Waals surface area contributed by atoms with Crippen LogP contribution in [-0.2, 0) is 11.2 Å². The van der Waals surface area contributed by atoms with E-state index in [1.54, 1.807) is 12.1 Å².